The molecule has 1 aliphatic heterocycles. The van der Waals surface area contributed by atoms with Crippen LogP contribution in [-0.2, 0) is 0 Å². The van der Waals surface area contributed by atoms with Crippen LogP contribution < -0.4 is 5.32 Å². The van der Waals surface area contributed by atoms with Crippen LogP contribution in [-0.4, -0.2) is 0 Å². The Bertz CT molecular complexity index is 1030. The Kier molecular flexibility index (Phi) is 5.65. The summed E-state index contributed by atoms with van der Waals surface area (Å²) in [7, 11) is 0. The van der Waals surface area contributed by atoms with Crippen molar-refractivity contribution in [1.82, 2.24) is 5.32 Å². The van der Waals surface area contributed by atoms with E-state index >= 15 is 0 Å². The van der Waals surface area contributed by atoms with E-state index in [0.717, 1.165) is 16.2 Å². The Morgan fingerprint density at radius 1 is 0.615 bits per heavy atom. The van der Waals surface area contributed by atoms with Crippen molar-refractivity contribution in [2.45, 2.75) is 13.8 Å². The molecule has 4 aromatic carbocycles. The average molecular weight is 343 g/mol. The normalized spacial score (nSPS) is 11.0. The van der Waals surface area contributed by atoms with Crippen LogP contribution >= 0.6 is 0 Å². The first-order valence-electron chi connectivity index (χ1n) is 8.90. The van der Waals surface area contributed by atoms with E-state index in [-0.39, 0.29) is 5.82 Å². The van der Waals surface area contributed by atoms with Crippen LogP contribution in [0.4, 0.5) is 4.39 Å². The van der Waals surface area contributed by atoms with E-state index in [4.69, 9.17) is 0 Å². The molecule has 1 aliphatic rings. The van der Waals surface area contributed by atoms with Gasteiger partial charge in [0.1, 0.15) is 5.82 Å². The zero-order valence-corrected chi connectivity index (χ0v) is 15.0. The van der Waals surface area contributed by atoms with Gasteiger partial charge in [0.05, 0.1) is 0 Å². The summed E-state index contributed by atoms with van der Waals surface area (Å²) in [5, 5.41) is 7.12. The highest BCUT2D eigenvalue weighted by atomic mass is 19.1. The Balaban J connectivity index is 0.000000348. The lowest BCUT2D eigenvalue weighted by Gasteiger charge is -2.07. The van der Waals surface area contributed by atoms with Crippen LogP contribution in [0.5, 0.6) is 0 Å². The summed E-state index contributed by atoms with van der Waals surface area (Å²) >= 11 is 0. The van der Waals surface area contributed by atoms with Crippen molar-refractivity contribution >= 4 is 21.5 Å². The van der Waals surface area contributed by atoms with Crippen LogP contribution in [0.1, 0.15) is 13.8 Å². The summed E-state index contributed by atoms with van der Waals surface area (Å²) in [6.45, 7) is 4.00. The number of rotatable bonds is 1. The molecule has 1 N–H and O–H groups in total. The number of fused-ring (bicyclic) bond motifs is 3. The molecule has 5 rings (SSSR count). The molecule has 4 aromatic rings. The molecular formula is C24H22FN. The zero-order valence-electron chi connectivity index (χ0n) is 15.0. The van der Waals surface area contributed by atoms with Crippen molar-refractivity contribution in [3.8, 4) is 11.1 Å². The van der Waals surface area contributed by atoms with E-state index in [0.29, 0.717) is 0 Å². The minimum Gasteiger partial charge on any atom is -0.365 e. The summed E-state index contributed by atoms with van der Waals surface area (Å²) in [6, 6.07) is 25.8. The van der Waals surface area contributed by atoms with Crippen molar-refractivity contribution in [1.29, 1.82) is 0 Å². The lowest BCUT2D eigenvalue weighted by Crippen LogP contribution is -1.82. The zero-order chi connectivity index (χ0) is 18.4. The molecule has 0 atom stereocenters. The topological polar surface area (TPSA) is 21.9 Å². The maximum Gasteiger partial charge on any atom is 0.123 e. The molecule has 0 spiro atoms. The van der Waals surface area contributed by atoms with Gasteiger partial charge in [-0.3, -0.25) is 0 Å². The number of nitrogens with one attached hydrogen (secondary N) is 1. The molecule has 1 heterocycles. The van der Waals surface area contributed by atoms with Crippen molar-refractivity contribution in [2.75, 3.05) is 0 Å². The van der Waals surface area contributed by atoms with Gasteiger partial charge in [0.25, 0.3) is 0 Å². The van der Waals surface area contributed by atoms with E-state index in [2.05, 4.69) is 41.7 Å². The molecule has 26 heavy (non-hydrogen) atoms. The van der Waals surface area contributed by atoms with Crippen molar-refractivity contribution in [2.24, 2.45) is 0 Å². The molecular weight excluding hydrogens is 321 g/mol. The first-order valence-corrected chi connectivity index (χ1v) is 8.90. The lowest BCUT2D eigenvalue weighted by molar-refractivity contribution is 0.630. The number of hydrogen-bond donors (Lipinski definition) is 1. The van der Waals surface area contributed by atoms with E-state index < -0.39 is 0 Å². The second-order valence-electron chi connectivity index (χ2n) is 5.73. The molecule has 2 heteroatoms. The molecule has 0 bridgehead atoms. The van der Waals surface area contributed by atoms with E-state index in [9.17, 15) is 4.39 Å². The summed E-state index contributed by atoms with van der Waals surface area (Å²) in [4.78, 5) is 0. The van der Waals surface area contributed by atoms with Crippen molar-refractivity contribution < 1.29 is 4.39 Å². The highest BCUT2D eigenvalue weighted by Crippen LogP contribution is 2.29. The van der Waals surface area contributed by atoms with Gasteiger partial charge in [-0.2, -0.15) is 0 Å². The third-order valence-corrected chi connectivity index (χ3v) is 4.07. The van der Waals surface area contributed by atoms with E-state index in [1.807, 2.05) is 56.6 Å². The molecule has 0 radical (unpaired) electrons. The minimum atomic E-state index is -0.192. The van der Waals surface area contributed by atoms with Gasteiger partial charge in [-0.1, -0.05) is 74.5 Å². The van der Waals surface area contributed by atoms with Gasteiger partial charge in [-0.15, -0.1) is 0 Å². The van der Waals surface area contributed by atoms with Gasteiger partial charge in [0, 0.05) is 12.4 Å². The van der Waals surface area contributed by atoms with Gasteiger partial charge in [0.2, 0.25) is 0 Å². The molecule has 1 nitrogen and oxygen atoms in total. The Morgan fingerprint density at radius 2 is 1.19 bits per heavy atom. The fourth-order valence-corrected chi connectivity index (χ4v) is 2.85. The third kappa shape index (κ3) is 4.09. The first-order chi connectivity index (χ1) is 12.8. The standard InChI is InChI=1S/C20H13F.C2H3N.C2H6/c21-18-9-11-20-17(13-18)7-6-16-12-15(8-10-19(16)20)14-4-2-1-3-5-14;1-2-3-1;1-2/h1-13H;1-3H;1-2H3. The van der Waals surface area contributed by atoms with Crippen molar-refractivity contribution in [3.63, 3.8) is 0 Å². The first kappa shape index (κ1) is 17.7. The second kappa shape index (κ2) is 8.30. The summed E-state index contributed by atoms with van der Waals surface area (Å²) < 4.78 is 13.3. The van der Waals surface area contributed by atoms with Crippen molar-refractivity contribution in [3.05, 3.63) is 97.1 Å². The Labute approximate surface area is 153 Å². The Morgan fingerprint density at radius 3 is 1.81 bits per heavy atom. The van der Waals surface area contributed by atoms with Crippen LogP contribution in [0.2, 0.25) is 0 Å². The molecule has 0 saturated carbocycles. The molecule has 0 fully saturated rings. The van der Waals surface area contributed by atoms with Crippen LogP contribution in [0.25, 0.3) is 32.7 Å². The van der Waals surface area contributed by atoms with Crippen LogP contribution in [0.3, 0.4) is 0 Å². The maximum atomic E-state index is 13.3. The molecule has 130 valence electrons. The predicted molar refractivity (Wildman–Crippen MR) is 110 cm³/mol. The van der Waals surface area contributed by atoms with Gasteiger partial charge in [0.15, 0.2) is 0 Å². The molecule has 0 aromatic heterocycles. The number of halogens is 1. The number of hydrogen-bond acceptors (Lipinski definition) is 1. The highest BCUT2D eigenvalue weighted by molar-refractivity contribution is 6.08. The van der Waals surface area contributed by atoms with Gasteiger partial charge < -0.3 is 5.32 Å². The molecule has 0 amide bonds. The fourth-order valence-electron chi connectivity index (χ4n) is 2.85. The smallest absolute Gasteiger partial charge is 0.123 e. The predicted octanol–water partition coefficient (Wildman–Crippen LogP) is 6.89. The SMILES string of the molecule is C1=CN1.CC.Fc1ccc2c(ccc3cc(-c4ccccc4)ccc32)c1. The Hall–Kier alpha value is -3.13. The number of benzene rings is 4. The molecule has 0 saturated heterocycles. The minimum absolute atomic E-state index is 0.192. The fraction of sp³-hybridized carbons (Fsp3) is 0.0833. The largest absolute Gasteiger partial charge is 0.365 e. The van der Waals surface area contributed by atoms with Gasteiger partial charge in [-0.05, 0) is 50.9 Å². The van der Waals surface area contributed by atoms with E-state index in [1.54, 1.807) is 6.07 Å². The third-order valence-electron chi connectivity index (χ3n) is 4.07. The summed E-state index contributed by atoms with van der Waals surface area (Å²) in [5.41, 5.74) is 2.41. The quantitative estimate of drug-likeness (QED) is 0.374. The van der Waals surface area contributed by atoms with Crippen LogP contribution in [0.15, 0.2) is 91.3 Å². The maximum absolute atomic E-state index is 13.3. The highest BCUT2D eigenvalue weighted by Gasteiger charge is 2.04. The average Bonchev–Trinajstić information content (AvgIpc) is 3.59. The van der Waals surface area contributed by atoms with Gasteiger partial charge >= 0.3 is 0 Å². The monoisotopic (exact) mass is 343 g/mol. The second-order valence-corrected chi connectivity index (χ2v) is 5.73. The lowest BCUT2D eigenvalue weighted by atomic mass is 9.97. The van der Waals surface area contributed by atoms with Crippen LogP contribution in [0, 0.1) is 5.82 Å². The summed E-state index contributed by atoms with van der Waals surface area (Å²) in [5.74, 6) is -0.192. The van der Waals surface area contributed by atoms with Gasteiger partial charge in [-0.25, -0.2) is 4.39 Å². The van der Waals surface area contributed by atoms with E-state index in [1.165, 1.54) is 22.6 Å². The summed E-state index contributed by atoms with van der Waals surface area (Å²) in [6.07, 6.45) is 3.75. The molecule has 0 aliphatic carbocycles. The molecule has 0 unspecified atom stereocenters.